The van der Waals surface area contributed by atoms with Crippen molar-refractivity contribution in [2.45, 2.75) is 26.8 Å². The van der Waals surface area contributed by atoms with E-state index in [1.165, 1.54) is 16.1 Å². The van der Waals surface area contributed by atoms with E-state index in [0.29, 0.717) is 36.2 Å². The zero-order valence-electron chi connectivity index (χ0n) is 19.4. The van der Waals surface area contributed by atoms with E-state index in [4.69, 9.17) is 4.74 Å². The molecular formula is C27H27N5O2. The van der Waals surface area contributed by atoms with E-state index < -0.39 is 0 Å². The van der Waals surface area contributed by atoms with Crippen molar-refractivity contribution < 1.29 is 4.74 Å². The lowest BCUT2D eigenvalue weighted by atomic mass is 10.0. The molecule has 0 fully saturated rings. The van der Waals surface area contributed by atoms with E-state index in [0.717, 1.165) is 28.8 Å². The maximum Gasteiger partial charge on any atom is 0.274 e. The summed E-state index contributed by atoms with van der Waals surface area (Å²) in [5.41, 5.74) is 8.13. The van der Waals surface area contributed by atoms with Crippen LogP contribution in [0.3, 0.4) is 0 Å². The Hall–Kier alpha value is -4.35. The molecule has 0 atom stereocenters. The molecule has 172 valence electrons. The van der Waals surface area contributed by atoms with Gasteiger partial charge in [-0.15, -0.1) is 12.3 Å². The lowest BCUT2D eigenvalue weighted by molar-refractivity contribution is 0.354. The largest absolute Gasteiger partial charge is 0.486 e. The van der Waals surface area contributed by atoms with Gasteiger partial charge in [0.15, 0.2) is 5.82 Å². The van der Waals surface area contributed by atoms with Gasteiger partial charge in [-0.3, -0.25) is 9.89 Å². The summed E-state index contributed by atoms with van der Waals surface area (Å²) < 4.78 is 7.20. The lowest BCUT2D eigenvalue weighted by Crippen LogP contribution is -2.17. The number of hydrogen-bond acceptors (Lipinski definition) is 5. The summed E-state index contributed by atoms with van der Waals surface area (Å²) in [6, 6.07) is 15.2. The second kappa shape index (κ2) is 10.1. The Morgan fingerprint density at radius 3 is 2.85 bits per heavy atom. The Bertz CT molecular complexity index is 1460. The zero-order valence-corrected chi connectivity index (χ0v) is 19.4. The number of para-hydroxylation sites is 2. The van der Waals surface area contributed by atoms with Crippen molar-refractivity contribution in [2.75, 3.05) is 11.9 Å². The number of benzene rings is 2. The third-order valence-electron chi connectivity index (χ3n) is 5.46. The van der Waals surface area contributed by atoms with Gasteiger partial charge in [0.05, 0.1) is 17.9 Å². The monoisotopic (exact) mass is 453 g/mol. The number of nitrogens with zero attached hydrogens (tertiary/aromatic N) is 3. The molecule has 0 aliphatic heterocycles. The smallest absolute Gasteiger partial charge is 0.274 e. The van der Waals surface area contributed by atoms with E-state index in [9.17, 15) is 4.79 Å². The number of rotatable bonds is 9. The third kappa shape index (κ3) is 5.00. The summed E-state index contributed by atoms with van der Waals surface area (Å²) in [4.78, 5) is 21.9. The van der Waals surface area contributed by atoms with Crippen molar-refractivity contribution in [3.05, 3.63) is 106 Å². The van der Waals surface area contributed by atoms with Crippen LogP contribution >= 0.6 is 0 Å². The molecule has 0 bridgehead atoms. The molecule has 2 aromatic carbocycles. The number of anilines is 1. The maximum absolute atomic E-state index is 12.7. The number of hydrogen-bond donors (Lipinski definition) is 2. The van der Waals surface area contributed by atoms with Crippen LogP contribution in [0.4, 0.5) is 5.69 Å². The molecule has 0 radical (unpaired) electrons. The number of nitrogens with one attached hydrogen (secondary N) is 2. The van der Waals surface area contributed by atoms with Crippen molar-refractivity contribution in [1.82, 2.24) is 19.6 Å². The fourth-order valence-electron chi connectivity index (χ4n) is 3.50. The van der Waals surface area contributed by atoms with Crippen LogP contribution in [0.25, 0.3) is 17.2 Å². The third-order valence-corrected chi connectivity index (χ3v) is 5.46. The second-order valence-electron chi connectivity index (χ2n) is 8.02. The molecule has 0 spiro atoms. The van der Waals surface area contributed by atoms with E-state index in [2.05, 4.69) is 52.3 Å². The van der Waals surface area contributed by atoms with Gasteiger partial charge >= 0.3 is 0 Å². The number of aromatic amines is 1. The van der Waals surface area contributed by atoms with Crippen molar-refractivity contribution in [1.29, 1.82) is 0 Å². The first kappa shape index (κ1) is 22.8. The highest BCUT2D eigenvalue weighted by Gasteiger charge is 2.12. The zero-order chi connectivity index (χ0) is 24.1. The van der Waals surface area contributed by atoms with E-state index in [1.54, 1.807) is 0 Å². The van der Waals surface area contributed by atoms with Gasteiger partial charge in [0.1, 0.15) is 12.4 Å². The molecule has 2 aromatic heterocycles. The molecule has 0 aliphatic carbocycles. The van der Waals surface area contributed by atoms with Gasteiger partial charge in [-0.2, -0.15) is 9.50 Å². The molecule has 0 saturated heterocycles. The Morgan fingerprint density at radius 2 is 2.06 bits per heavy atom. The van der Waals surface area contributed by atoms with Crippen molar-refractivity contribution in [3.8, 4) is 17.1 Å². The number of allylic oxidation sites excluding steroid dienone is 1. The number of aromatic nitrogens is 4. The quantitative estimate of drug-likeness (QED) is 0.280. The topological polar surface area (TPSA) is 84.3 Å². The highest BCUT2D eigenvalue weighted by molar-refractivity contribution is 5.59. The van der Waals surface area contributed by atoms with Gasteiger partial charge in [0.2, 0.25) is 0 Å². The number of ether oxygens (including phenoxy) is 1. The molecule has 2 N–H and O–H groups in total. The first-order valence-corrected chi connectivity index (χ1v) is 11.0. The second-order valence-corrected chi connectivity index (χ2v) is 8.02. The normalized spacial score (nSPS) is 10.6. The van der Waals surface area contributed by atoms with Gasteiger partial charge in [-0.25, -0.2) is 4.98 Å². The predicted molar refractivity (Wildman–Crippen MR) is 135 cm³/mol. The van der Waals surface area contributed by atoms with Crippen molar-refractivity contribution in [3.63, 3.8) is 0 Å². The first-order valence-electron chi connectivity index (χ1n) is 11.0. The van der Waals surface area contributed by atoms with E-state index in [1.807, 2.05) is 49.4 Å². The average Bonchev–Trinajstić information content (AvgIpc) is 3.28. The van der Waals surface area contributed by atoms with E-state index in [-0.39, 0.29) is 5.56 Å². The minimum atomic E-state index is -0.227. The molecule has 0 unspecified atom stereocenters. The highest BCUT2D eigenvalue weighted by atomic mass is 16.5. The molecule has 34 heavy (non-hydrogen) atoms. The minimum absolute atomic E-state index is 0.227. The Kier molecular flexibility index (Phi) is 6.76. The van der Waals surface area contributed by atoms with E-state index >= 15 is 0 Å². The summed E-state index contributed by atoms with van der Waals surface area (Å²) in [6.07, 6.45) is 2.64. The molecule has 7 nitrogen and oxygen atoms in total. The average molecular weight is 454 g/mol. The van der Waals surface area contributed by atoms with Crippen LogP contribution in [0.15, 0.2) is 83.9 Å². The van der Waals surface area contributed by atoms with Gasteiger partial charge in [-0.1, -0.05) is 36.9 Å². The van der Waals surface area contributed by atoms with Crippen molar-refractivity contribution in [2.24, 2.45) is 0 Å². The Balaban J connectivity index is 1.57. The number of aryl methyl sites for hydroxylation is 1. The standard InChI is InChI=1S/C27H27N5O2/c1-5-9-20-14-21(13-12-19(20)4)26-30-27-29-22(15-25(33)32(27)31-26)16-28-23-10-7-8-11-24(23)34-17-18(3)6-2/h5,7-8,10-15,28H,1-2,9,16-17H2,3-4H3,(H,29,30,31). The van der Waals surface area contributed by atoms with Crippen LogP contribution in [-0.2, 0) is 13.0 Å². The van der Waals surface area contributed by atoms with Crippen molar-refractivity contribution >= 4 is 11.5 Å². The van der Waals surface area contributed by atoms with Crippen LogP contribution in [-0.4, -0.2) is 26.2 Å². The molecule has 2 heterocycles. The summed E-state index contributed by atoms with van der Waals surface area (Å²) in [5.74, 6) is 1.61. The molecule has 4 rings (SSSR count). The fraction of sp³-hybridized carbons (Fsp3) is 0.185. The summed E-state index contributed by atoms with van der Waals surface area (Å²) in [5, 5.41) is 6.36. The lowest BCUT2D eigenvalue weighted by Gasteiger charge is -2.12. The number of fused-ring (bicyclic) bond motifs is 1. The molecule has 0 saturated carbocycles. The molecule has 0 aliphatic rings. The van der Waals surface area contributed by atoms with Crippen LogP contribution in [0.2, 0.25) is 0 Å². The molecule has 7 heteroatoms. The maximum atomic E-state index is 12.7. The van der Waals surface area contributed by atoms with Crippen LogP contribution < -0.4 is 15.6 Å². The Morgan fingerprint density at radius 1 is 1.24 bits per heavy atom. The minimum Gasteiger partial charge on any atom is -0.486 e. The molecule has 4 aromatic rings. The first-order chi connectivity index (χ1) is 16.5. The van der Waals surface area contributed by atoms with Crippen LogP contribution in [0.5, 0.6) is 5.75 Å². The van der Waals surface area contributed by atoms with Gasteiger partial charge in [0, 0.05) is 17.2 Å². The SMILES string of the molecule is C=C=C(C)COc1ccccc1NCc1cc(=O)n2[nH]c(-c3ccc(C)c(CC=C)c3)nc2n1. The summed E-state index contributed by atoms with van der Waals surface area (Å²) in [6.45, 7) is 12.2. The Labute approximate surface area is 198 Å². The van der Waals surface area contributed by atoms with Crippen LogP contribution in [0, 0.1) is 6.92 Å². The van der Waals surface area contributed by atoms with Crippen LogP contribution in [0.1, 0.15) is 23.7 Å². The molecular weight excluding hydrogens is 426 g/mol. The van der Waals surface area contributed by atoms with Gasteiger partial charge in [-0.05, 0) is 49.6 Å². The summed E-state index contributed by atoms with van der Waals surface area (Å²) >= 11 is 0. The predicted octanol–water partition coefficient (Wildman–Crippen LogP) is 4.84. The van der Waals surface area contributed by atoms with Gasteiger partial charge in [0.25, 0.3) is 11.3 Å². The highest BCUT2D eigenvalue weighted by Crippen LogP contribution is 2.25. The van der Waals surface area contributed by atoms with Gasteiger partial charge < -0.3 is 10.1 Å². The number of H-pyrrole nitrogens is 1. The summed E-state index contributed by atoms with van der Waals surface area (Å²) in [7, 11) is 0. The molecule has 0 amide bonds. The fourth-order valence-corrected chi connectivity index (χ4v) is 3.50.